The van der Waals surface area contributed by atoms with E-state index in [9.17, 15) is 14.9 Å². The minimum Gasteiger partial charge on any atom is -0.481 e. The molecule has 126 valence electrons. The van der Waals surface area contributed by atoms with E-state index < -0.39 is 5.97 Å². The van der Waals surface area contributed by atoms with Crippen molar-refractivity contribution in [2.75, 3.05) is 5.75 Å². The molecule has 2 heterocycles. The first-order valence-corrected chi connectivity index (χ1v) is 9.49. The van der Waals surface area contributed by atoms with Gasteiger partial charge in [-0.2, -0.15) is 5.26 Å². The number of fused-ring (bicyclic) bond motifs is 3. The number of aromatic nitrogens is 1. The number of thiophene rings is 1. The van der Waals surface area contributed by atoms with Gasteiger partial charge in [-0.25, -0.2) is 4.98 Å². The molecule has 0 spiro atoms. The number of nitriles is 1. The molecule has 0 bridgehead atoms. The second kappa shape index (κ2) is 6.41. The summed E-state index contributed by atoms with van der Waals surface area (Å²) < 4.78 is 0. The minimum absolute atomic E-state index is 0.155. The van der Waals surface area contributed by atoms with Gasteiger partial charge in [0, 0.05) is 21.6 Å². The third kappa shape index (κ3) is 2.51. The molecule has 0 aliphatic heterocycles. The van der Waals surface area contributed by atoms with E-state index in [1.807, 2.05) is 29.6 Å². The topological polar surface area (TPSA) is 91.1 Å². The number of ketones is 1. The van der Waals surface area contributed by atoms with Crippen LogP contribution in [0.2, 0.25) is 0 Å². The smallest absolute Gasteiger partial charge is 0.313 e. The van der Waals surface area contributed by atoms with E-state index in [0.29, 0.717) is 33.0 Å². The zero-order chi connectivity index (χ0) is 18.3. The number of rotatable bonds is 4. The van der Waals surface area contributed by atoms with Crippen LogP contribution < -0.4 is 0 Å². The third-order valence-electron chi connectivity index (χ3n) is 4.03. The van der Waals surface area contributed by atoms with Crippen LogP contribution in [0.25, 0.3) is 21.7 Å². The second-order valence-electron chi connectivity index (χ2n) is 5.54. The summed E-state index contributed by atoms with van der Waals surface area (Å²) in [5.74, 6) is -1.35. The molecule has 1 N–H and O–H groups in total. The fraction of sp³-hybridized carbons (Fsp3) is 0.0526. The summed E-state index contributed by atoms with van der Waals surface area (Å²) in [6, 6.07) is 13.0. The molecule has 1 aliphatic rings. The standard InChI is InChI=1S/C19H10N2O3S2/c20-8-12-15(13-6-3-7-25-13)16-17(21-19(12)26-9-14(22)23)10-4-1-2-5-11(10)18(16)24/h1-7H,9H2,(H,22,23). The fourth-order valence-corrected chi connectivity index (χ4v) is 4.50. The van der Waals surface area contributed by atoms with E-state index in [4.69, 9.17) is 5.11 Å². The summed E-state index contributed by atoms with van der Waals surface area (Å²) in [4.78, 5) is 29.3. The van der Waals surface area contributed by atoms with Gasteiger partial charge in [0.1, 0.15) is 11.1 Å². The monoisotopic (exact) mass is 378 g/mol. The van der Waals surface area contributed by atoms with E-state index in [1.165, 1.54) is 11.3 Å². The molecule has 5 nitrogen and oxygen atoms in total. The van der Waals surface area contributed by atoms with Gasteiger partial charge in [-0.05, 0) is 11.4 Å². The first-order chi connectivity index (χ1) is 12.6. The number of benzene rings is 1. The molecule has 2 aromatic heterocycles. The van der Waals surface area contributed by atoms with Crippen LogP contribution in [0.3, 0.4) is 0 Å². The number of carboxylic acids is 1. The van der Waals surface area contributed by atoms with Gasteiger partial charge >= 0.3 is 5.97 Å². The molecule has 0 atom stereocenters. The van der Waals surface area contributed by atoms with Crippen molar-refractivity contribution in [3.63, 3.8) is 0 Å². The Morgan fingerprint density at radius 2 is 1.96 bits per heavy atom. The molecule has 0 saturated heterocycles. The number of aliphatic carboxylic acids is 1. The minimum atomic E-state index is -0.990. The highest BCUT2D eigenvalue weighted by atomic mass is 32.2. The molecular weight excluding hydrogens is 368 g/mol. The van der Waals surface area contributed by atoms with E-state index in [-0.39, 0.29) is 17.1 Å². The van der Waals surface area contributed by atoms with Crippen molar-refractivity contribution >= 4 is 34.9 Å². The van der Waals surface area contributed by atoms with Gasteiger partial charge in [0.25, 0.3) is 0 Å². The van der Waals surface area contributed by atoms with Crippen molar-refractivity contribution in [3.8, 4) is 27.8 Å². The van der Waals surface area contributed by atoms with Crippen molar-refractivity contribution in [2.24, 2.45) is 0 Å². The summed E-state index contributed by atoms with van der Waals surface area (Å²) >= 11 is 2.42. The Hall–Kier alpha value is -2.95. The van der Waals surface area contributed by atoms with E-state index >= 15 is 0 Å². The van der Waals surface area contributed by atoms with E-state index in [0.717, 1.165) is 16.6 Å². The number of pyridine rings is 1. The summed E-state index contributed by atoms with van der Waals surface area (Å²) in [6.45, 7) is 0. The molecule has 0 amide bonds. The lowest BCUT2D eigenvalue weighted by molar-refractivity contribution is -0.133. The highest BCUT2D eigenvalue weighted by Gasteiger charge is 2.34. The maximum atomic E-state index is 13.0. The number of carbonyl (C=O) groups excluding carboxylic acids is 1. The number of hydrogen-bond acceptors (Lipinski definition) is 6. The van der Waals surface area contributed by atoms with Crippen LogP contribution >= 0.6 is 23.1 Å². The number of carboxylic acid groups (broad SMARTS) is 1. The van der Waals surface area contributed by atoms with Crippen LogP contribution in [-0.4, -0.2) is 27.6 Å². The number of thioether (sulfide) groups is 1. The molecule has 26 heavy (non-hydrogen) atoms. The molecule has 1 aliphatic carbocycles. The van der Waals surface area contributed by atoms with Gasteiger partial charge in [0.2, 0.25) is 0 Å². The Morgan fingerprint density at radius 1 is 1.19 bits per heavy atom. The first-order valence-electron chi connectivity index (χ1n) is 7.62. The molecular formula is C19H10N2O3S2. The van der Waals surface area contributed by atoms with Gasteiger partial charge in [-0.15, -0.1) is 11.3 Å². The van der Waals surface area contributed by atoms with Gasteiger partial charge in [-0.1, -0.05) is 42.1 Å². The van der Waals surface area contributed by atoms with E-state index in [1.54, 1.807) is 12.1 Å². The van der Waals surface area contributed by atoms with Crippen LogP contribution in [-0.2, 0) is 4.79 Å². The van der Waals surface area contributed by atoms with Crippen LogP contribution in [0.4, 0.5) is 0 Å². The predicted octanol–water partition coefficient (Wildman–Crippen LogP) is 4.07. The summed E-state index contributed by atoms with van der Waals surface area (Å²) in [6.07, 6.45) is 0. The quantitative estimate of drug-likeness (QED) is 0.538. The Bertz CT molecular complexity index is 1100. The number of carbonyl (C=O) groups is 2. The second-order valence-corrected chi connectivity index (χ2v) is 7.45. The normalized spacial score (nSPS) is 11.7. The van der Waals surface area contributed by atoms with Crippen LogP contribution in [0.1, 0.15) is 21.5 Å². The summed E-state index contributed by atoms with van der Waals surface area (Å²) in [5, 5.41) is 21.0. The van der Waals surface area contributed by atoms with Crippen LogP contribution in [0, 0.1) is 11.3 Å². The molecule has 0 radical (unpaired) electrons. The maximum absolute atomic E-state index is 13.0. The largest absolute Gasteiger partial charge is 0.481 e. The van der Waals surface area contributed by atoms with Gasteiger partial charge in [0.05, 0.1) is 22.6 Å². The zero-order valence-electron chi connectivity index (χ0n) is 13.2. The van der Waals surface area contributed by atoms with Gasteiger partial charge < -0.3 is 5.11 Å². The Morgan fingerprint density at radius 3 is 2.62 bits per heavy atom. The van der Waals surface area contributed by atoms with Crippen molar-refractivity contribution in [2.45, 2.75) is 5.03 Å². The van der Waals surface area contributed by atoms with Crippen molar-refractivity contribution in [1.82, 2.24) is 4.98 Å². The zero-order valence-corrected chi connectivity index (χ0v) is 14.9. The molecule has 1 aromatic carbocycles. The molecule has 0 fully saturated rings. The van der Waals surface area contributed by atoms with Gasteiger partial charge in [0.15, 0.2) is 5.78 Å². The highest BCUT2D eigenvalue weighted by Crippen LogP contribution is 2.45. The molecule has 4 rings (SSSR count). The average Bonchev–Trinajstić information content (AvgIpc) is 3.27. The molecule has 3 aromatic rings. The van der Waals surface area contributed by atoms with Crippen LogP contribution in [0.15, 0.2) is 46.8 Å². The SMILES string of the molecule is N#Cc1c(SCC(=O)O)nc2c(c1-c1cccs1)C(=O)c1ccccc1-2. The average molecular weight is 378 g/mol. The number of hydrogen-bond donors (Lipinski definition) is 1. The highest BCUT2D eigenvalue weighted by molar-refractivity contribution is 7.99. The predicted molar refractivity (Wildman–Crippen MR) is 99.5 cm³/mol. The molecule has 7 heteroatoms. The summed E-state index contributed by atoms with van der Waals surface area (Å²) in [5.41, 5.74) is 3.00. The number of nitrogens with zero attached hydrogens (tertiary/aromatic N) is 2. The van der Waals surface area contributed by atoms with Crippen molar-refractivity contribution in [3.05, 3.63) is 58.5 Å². The van der Waals surface area contributed by atoms with E-state index in [2.05, 4.69) is 11.1 Å². The third-order valence-corrected chi connectivity index (χ3v) is 5.88. The molecule has 0 unspecified atom stereocenters. The molecule has 0 saturated carbocycles. The van der Waals surface area contributed by atoms with Crippen molar-refractivity contribution in [1.29, 1.82) is 5.26 Å². The lowest BCUT2D eigenvalue weighted by atomic mass is 9.99. The Balaban J connectivity index is 2.05. The summed E-state index contributed by atoms with van der Waals surface area (Å²) in [7, 11) is 0. The lowest BCUT2D eigenvalue weighted by Crippen LogP contribution is -2.05. The first kappa shape index (κ1) is 16.5. The van der Waals surface area contributed by atoms with Crippen LogP contribution in [0.5, 0.6) is 0 Å². The van der Waals surface area contributed by atoms with Gasteiger partial charge in [-0.3, -0.25) is 9.59 Å². The maximum Gasteiger partial charge on any atom is 0.313 e. The lowest BCUT2D eigenvalue weighted by Gasteiger charge is -2.12. The van der Waals surface area contributed by atoms with Crippen molar-refractivity contribution < 1.29 is 14.7 Å². The fourth-order valence-electron chi connectivity index (χ4n) is 3.01. The Kier molecular flexibility index (Phi) is 4.07. The Labute approximate surface area is 156 Å².